The number of aliphatic hydroxyl groups is 1. The number of hydrogen-bond donors (Lipinski definition) is 3. The Balaban J connectivity index is 0.000000352. The fraction of sp³-hybridized carbons (Fsp3) is 0.211. The molecule has 0 atom stereocenters. The van der Waals surface area contributed by atoms with Gasteiger partial charge in [0.25, 0.3) is 0 Å². The van der Waals surface area contributed by atoms with E-state index in [0.29, 0.717) is 28.2 Å². The quantitative estimate of drug-likeness (QED) is 0.486. The van der Waals surface area contributed by atoms with Crippen LogP contribution in [0.2, 0.25) is 0 Å². The van der Waals surface area contributed by atoms with Gasteiger partial charge in [0.1, 0.15) is 5.52 Å². The van der Waals surface area contributed by atoms with Gasteiger partial charge in [-0.2, -0.15) is 0 Å². The molecule has 0 aliphatic heterocycles. The van der Waals surface area contributed by atoms with Crippen molar-refractivity contribution in [1.82, 2.24) is 4.98 Å². The molecule has 0 saturated heterocycles. The highest BCUT2D eigenvalue weighted by Gasteiger charge is 2.21. The maximum absolute atomic E-state index is 10.1. The third-order valence-electron chi connectivity index (χ3n) is 3.54. The first-order valence-corrected chi connectivity index (χ1v) is 7.81. The number of carboxylic acid groups (broad SMARTS) is 1. The van der Waals surface area contributed by atoms with Gasteiger partial charge in [-0.05, 0) is 38.1 Å². The molecule has 0 spiro atoms. The zero-order valence-corrected chi connectivity index (χ0v) is 14.7. The van der Waals surface area contributed by atoms with Crippen LogP contribution in [0.4, 0.5) is 5.69 Å². The van der Waals surface area contributed by atoms with Crippen LogP contribution >= 0.6 is 0 Å². The smallest absolute Gasteiger partial charge is 0.371 e. The van der Waals surface area contributed by atoms with E-state index >= 15 is 0 Å². The fourth-order valence-corrected chi connectivity index (χ4v) is 2.22. The molecule has 136 valence electrons. The van der Waals surface area contributed by atoms with Gasteiger partial charge in [0.15, 0.2) is 5.58 Å². The van der Waals surface area contributed by atoms with Gasteiger partial charge in [-0.15, -0.1) is 0 Å². The second kappa shape index (κ2) is 7.37. The molecule has 0 aliphatic carbocycles. The van der Waals surface area contributed by atoms with Gasteiger partial charge in [0, 0.05) is 23.7 Å². The summed E-state index contributed by atoms with van der Waals surface area (Å²) in [6.45, 7) is 4.39. The van der Waals surface area contributed by atoms with Crippen molar-refractivity contribution in [3.05, 3.63) is 48.0 Å². The summed E-state index contributed by atoms with van der Waals surface area (Å²) in [5, 5.41) is 17.8. The monoisotopic (exact) mass is 356 g/mol. The van der Waals surface area contributed by atoms with E-state index in [9.17, 15) is 14.7 Å². The van der Waals surface area contributed by atoms with E-state index in [-0.39, 0.29) is 0 Å². The summed E-state index contributed by atoms with van der Waals surface area (Å²) in [6.07, 6.45) is 0. The standard InChI is InChI=1S/C16H16N2O2.C3H4O3/c1-16(2,19)11-8-14-13(9-12(11)17)18-15(20-14)10-6-4-3-5-7-10;1-2(4)3(5)6/h3-9,19H,17H2,1-2H3;1H3,(H,5,6). The molecule has 0 amide bonds. The van der Waals surface area contributed by atoms with Crippen molar-refractivity contribution in [2.75, 3.05) is 5.73 Å². The average molecular weight is 356 g/mol. The lowest BCUT2D eigenvalue weighted by Crippen LogP contribution is -2.17. The molecule has 3 rings (SSSR count). The van der Waals surface area contributed by atoms with E-state index in [4.69, 9.17) is 15.3 Å². The average Bonchev–Trinajstić information content (AvgIpc) is 2.97. The second-order valence-corrected chi connectivity index (χ2v) is 6.21. The van der Waals surface area contributed by atoms with Crippen LogP contribution in [0.3, 0.4) is 0 Å². The van der Waals surface area contributed by atoms with Crippen molar-refractivity contribution in [3.8, 4) is 11.5 Å². The molecule has 2 aromatic carbocycles. The molecule has 0 bridgehead atoms. The van der Waals surface area contributed by atoms with E-state index in [1.54, 1.807) is 26.0 Å². The minimum atomic E-state index is -1.38. The van der Waals surface area contributed by atoms with Crippen LogP contribution in [0.25, 0.3) is 22.6 Å². The van der Waals surface area contributed by atoms with Crippen LogP contribution in [-0.4, -0.2) is 26.9 Å². The fourth-order valence-electron chi connectivity index (χ4n) is 2.22. The topological polar surface area (TPSA) is 127 Å². The molecule has 26 heavy (non-hydrogen) atoms. The van der Waals surface area contributed by atoms with E-state index in [0.717, 1.165) is 12.5 Å². The molecule has 3 aromatic rings. The van der Waals surface area contributed by atoms with Crippen molar-refractivity contribution in [1.29, 1.82) is 0 Å². The number of anilines is 1. The lowest BCUT2D eigenvalue weighted by Gasteiger charge is -2.19. The molecule has 1 aromatic heterocycles. The van der Waals surface area contributed by atoms with Crippen molar-refractivity contribution in [3.63, 3.8) is 0 Å². The van der Waals surface area contributed by atoms with Crippen LogP contribution in [0, 0.1) is 0 Å². The van der Waals surface area contributed by atoms with E-state index in [1.165, 1.54) is 0 Å². The van der Waals surface area contributed by atoms with E-state index in [1.807, 2.05) is 30.3 Å². The molecule has 7 heteroatoms. The molecular weight excluding hydrogens is 336 g/mol. The third kappa shape index (κ3) is 4.46. The number of rotatable bonds is 3. The number of aromatic nitrogens is 1. The van der Waals surface area contributed by atoms with Crippen molar-refractivity contribution in [2.24, 2.45) is 0 Å². The van der Waals surface area contributed by atoms with Crippen LogP contribution in [-0.2, 0) is 15.2 Å². The number of hydrogen-bond acceptors (Lipinski definition) is 6. The van der Waals surface area contributed by atoms with Gasteiger partial charge in [-0.3, -0.25) is 4.79 Å². The molecule has 0 fully saturated rings. The highest BCUT2D eigenvalue weighted by molar-refractivity contribution is 6.31. The van der Waals surface area contributed by atoms with Crippen LogP contribution < -0.4 is 5.73 Å². The Morgan fingerprint density at radius 2 is 1.73 bits per heavy atom. The van der Waals surface area contributed by atoms with Crippen LogP contribution in [0.15, 0.2) is 46.9 Å². The Labute approximate surface area is 150 Å². The number of aliphatic carboxylic acids is 1. The van der Waals surface area contributed by atoms with E-state index in [2.05, 4.69) is 4.98 Å². The minimum Gasteiger partial charge on any atom is -0.476 e. The molecule has 0 radical (unpaired) electrons. The Hall–Kier alpha value is -3.19. The number of carboxylic acids is 1. The highest BCUT2D eigenvalue weighted by atomic mass is 16.4. The zero-order valence-electron chi connectivity index (χ0n) is 14.7. The molecule has 4 N–H and O–H groups in total. The van der Waals surface area contributed by atoms with Gasteiger partial charge >= 0.3 is 5.97 Å². The SMILES string of the molecule is CC(=O)C(=O)O.CC(C)(O)c1cc2oc(-c3ccccc3)nc2cc1N. The third-order valence-corrected chi connectivity index (χ3v) is 3.54. The Bertz CT molecular complexity index is 928. The number of nitrogens with two attached hydrogens (primary N) is 1. The lowest BCUT2D eigenvalue weighted by molar-refractivity contribution is -0.148. The first-order valence-electron chi connectivity index (χ1n) is 7.81. The summed E-state index contributed by atoms with van der Waals surface area (Å²) in [5.41, 5.74) is 8.33. The molecule has 0 unspecified atom stereocenters. The highest BCUT2D eigenvalue weighted by Crippen LogP contribution is 2.32. The van der Waals surface area contributed by atoms with Gasteiger partial charge < -0.3 is 20.4 Å². The van der Waals surface area contributed by atoms with Gasteiger partial charge in [-0.25, -0.2) is 9.78 Å². The summed E-state index contributed by atoms with van der Waals surface area (Å²) < 4.78 is 5.77. The Kier molecular flexibility index (Phi) is 5.42. The number of Topliss-reactive ketones (excluding diaryl/α,β-unsaturated/α-hetero) is 1. The molecule has 1 heterocycles. The molecule has 0 saturated carbocycles. The lowest BCUT2D eigenvalue weighted by atomic mass is 9.96. The van der Waals surface area contributed by atoms with Crippen molar-refractivity contribution >= 4 is 28.5 Å². The molecular formula is C19H20N2O5. The first kappa shape index (κ1) is 19.1. The number of oxazole rings is 1. The normalized spacial score (nSPS) is 10.9. The number of carbonyl (C=O) groups is 2. The van der Waals surface area contributed by atoms with Gasteiger partial charge in [0.2, 0.25) is 11.7 Å². The Morgan fingerprint density at radius 3 is 2.23 bits per heavy atom. The summed E-state index contributed by atoms with van der Waals surface area (Å²) in [5.74, 6) is -1.65. The molecule has 0 aliphatic rings. The van der Waals surface area contributed by atoms with Gasteiger partial charge in [0.05, 0.1) is 5.60 Å². The summed E-state index contributed by atoms with van der Waals surface area (Å²) in [4.78, 5) is 23.3. The number of fused-ring (bicyclic) bond motifs is 1. The summed E-state index contributed by atoms with van der Waals surface area (Å²) in [7, 11) is 0. The minimum absolute atomic E-state index is 0.512. The van der Waals surface area contributed by atoms with Gasteiger partial charge in [-0.1, -0.05) is 18.2 Å². The summed E-state index contributed by atoms with van der Waals surface area (Å²) in [6, 6.07) is 13.2. The predicted octanol–water partition coefficient (Wildman–Crippen LogP) is 2.96. The number of nitrogens with zero attached hydrogens (tertiary/aromatic N) is 1. The second-order valence-electron chi connectivity index (χ2n) is 6.21. The Morgan fingerprint density at radius 1 is 1.15 bits per heavy atom. The largest absolute Gasteiger partial charge is 0.476 e. The van der Waals surface area contributed by atoms with Crippen molar-refractivity contribution in [2.45, 2.75) is 26.4 Å². The molecule has 7 nitrogen and oxygen atoms in total. The first-order chi connectivity index (χ1) is 12.1. The van der Waals surface area contributed by atoms with E-state index < -0.39 is 17.4 Å². The summed E-state index contributed by atoms with van der Waals surface area (Å²) >= 11 is 0. The number of ketones is 1. The number of benzene rings is 2. The number of carbonyl (C=O) groups excluding carboxylic acids is 1. The predicted molar refractivity (Wildman–Crippen MR) is 97.4 cm³/mol. The maximum Gasteiger partial charge on any atom is 0.371 e. The van der Waals surface area contributed by atoms with Crippen LogP contribution in [0.5, 0.6) is 0 Å². The van der Waals surface area contributed by atoms with Crippen molar-refractivity contribution < 1.29 is 24.2 Å². The number of nitrogen functional groups attached to an aromatic ring is 1. The maximum atomic E-state index is 10.1. The zero-order chi connectivity index (χ0) is 19.5. The van der Waals surface area contributed by atoms with Crippen LogP contribution in [0.1, 0.15) is 26.3 Å².